The summed E-state index contributed by atoms with van der Waals surface area (Å²) in [5, 5.41) is 0. The molecule has 1 atom stereocenters. The molecule has 0 fully saturated rings. The second-order valence-corrected chi connectivity index (χ2v) is 4.54. The Morgan fingerprint density at radius 3 is 2.40 bits per heavy atom. The van der Waals surface area contributed by atoms with Gasteiger partial charge in [-0.15, -0.1) is 0 Å². The van der Waals surface area contributed by atoms with Crippen LogP contribution in [0.1, 0.15) is 40.5 Å². The Bertz CT molecular complexity index is 187. The number of ether oxygens (including phenoxy) is 2. The van der Waals surface area contributed by atoms with Crippen LogP contribution in [0.5, 0.6) is 0 Å². The van der Waals surface area contributed by atoms with Crippen LogP contribution in [0.2, 0.25) is 0 Å². The van der Waals surface area contributed by atoms with E-state index in [0.29, 0.717) is 19.6 Å². The van der Waals surface area contributed by atoms with Crippen LogP contribution in [0.3, 0.4) is 0 Å². The zero-order valence-electron chi connectivity index (χ0n) is 10.2. The lowest BCUT2D eigenvalue weighted by atomic mass is 10.2. The van der Waals surface area contributed by atoms with Crippen molar-refractivity contribution in [3.05, 3.63) is 0 Å². The van der Waals surface area contributed by atoms with E-state index in [0.717, 1.165) is 6.42 Å². The predicted molar refractivity (Wildman–Crippen MR) is 59.5 cm³/mol. The van der Waals surface area contributed by atoms with Crippen LogP contribution >= 0.6 is 0 Å². The Labute approximate surface area is 92.1 Å². The molecule has 0 radical (unpaired) electrons. The average Bonchev–Trinajstić information content (AvgIpc) is 2.09. The fourth-order valence-corrected chi connectivity index (χ4v) is 0.952. The number of carbonyl (C=O) groups excluding carboxylic acids is 1. The van der Waals surface area contributed by atoms with Gasteiger partial charge in [0.2, 0.25) is 0 Å². The van der Waals surface area contributed by atoms with E-state index in [2.05, 4.69) is 0 Å². The van der Waals surface area contributed by atoms with Crippen LogP contribution in [0.25, 0.3) is 0 Å². The average molecular weight is 217 g/mol. The van der Waals surface area contributed by atoms with Crippen molar-refractivity contribution in [2.24, 2.45) is 5.73 Å². The van der Waals surface area contributed by atoms with Crippen molar-refractivity contribution in [3.63, 3.8) is 0 Å². The van der Waals surface area contributed by atoms with E-state index in [1.165, 1.54) is 0 Å². The van der Waals surface area contributed by atoms with Crippen molar-refractivity contribution in [2.75, 3.05) is 13.2 Å². The molecule has 90 valence electrons. The molecule has 4 nitrogen and oxygen atoms in total. The molecule has 0 bridgehead atoms. The molecule has 0 aromatic carbocycles. The molecule has 0 saturated carbocycles. The van der Waals surface area contributed by atoms with Gasteiger partial charge in [-0.2, -0.15) is 0 Å². The molecule has 0 saturated heterocycles. The zero-order valence-corrected chi connectivity index (χ0v) is 10.2. The van der Waals surface area contributed by atoms with Crippen molar-refractivity contribution in [3.8, 4) is 0 Å². The van der Waals surface area contributed by atoms with Gasteiger partial charge >= 0.3 is 5.97 Å². The lowest BCUT2D eigenvalue weighted by molar-refractivity contribution is -0.156. The summed E-state index contributed by atoms with van der Waals surface area (Å²) >= 11 is 0. The molecule has 0 aromatic rings. The highest BCUT2D eigenvalue weighted by Gasteiger charge is 2.21. The summed E-state index contributed by atoms with van der Waals surface area (Å²) in [4.78, 5) is 11.4. The quantitative estimate of drug-likeness (QED) is 0.540. The van der Waals surface area contributed by atoms with Crippen molar-refractivity contribution < 1.29 is 14.3 Å². The second-order valence-electron chi connectivity index (χ2n) is 4.54. The van der Waals surface area contributed by atoms with E-state index in [4.69, 9.17) is 15.2 Å². The molecule has 0 aliphatic carbocycles. The van der Waals surface area contributed by atoms with E-state index in [1.54, 1.807) is 0 Å². The maximum absolute atomic E-state index is 11.4. The fourth-order valence-electron chi connectivity index (χ4n) is 0.952. The summed E-state index contributed by atoms with van der Waals surface area (Å²) in [6.45, 7) is 8.73. The number of carbonyl (C=O) groups is 1. The van der Waals surface area contributed by atoms with Gasteiger partial charge in [-0.05, 0) is 33.6 Å². The lowest BCUT2D eigenvalue weighted by Crippen LogP contribution is -2.38. The van der Waals surface area contributed by atoms with Crippen LogP contribution in [0.15, 0.2) is 0 Å². The zero-order chi connectivity index (χ0) is 11.9. The molecule has 0 aliphatic heterocycles. The van der Waals surface area contributed by atoms with Gasteiger partial charge in [0.15, 0.2) is 0 Å². The summed E-state index contributed by atoms with van der Waals surface area (Å²) in [5.41, 5.74) is 5.18. The van der Waals surface area contributed by atoms with E-state index in [-0.39, 0.29) is 5.97 Å². The highest BCUT2D eigenvalue weighted by molar-refractivity contribution is 5.75. The first-order valence-corrected chi connectivity index (χ1v) is 5.43. The third-order valence-corrected chi connectivity index (χ3v) is 1.63. The van der Waals surface area contributed by atoms with E-state index < -0.39 is 11.6 Å². The van der Waals surface area contributed by atoms with Gasteiger partial charge in [-0.25, -0.2) is 0 Å². The molecule has 0 aromatic heterocycles. The Morgan fingerprint density at radius 1 is 1.33 bits per heavy atom. The number of hydrogen-bond acceptors (Lipinski definition) is 4. The fraction of sp³-hybridized carbons (Fsp3) is 0.909. The SMILES string of the molecule is CCCOCCC(N)C(=O)OC(C)(C)C. The summed E-state index contributed by atoms with van der Waals surface area (Å²) in [6.07, 6.45) is 1.48. The molecule has 2 N–H and O–H groups in total. The summed E-state index contributed by atoms with van der Waals surface area (Å²) in [5.74, 6) is -0.359. The summed E-state index contributed by atoms with van der Waals surface area (Å²) in [6, 6.07) is -0.582. The normalized spacial score (nSPS) is 13.7. The number of rotatable bonds is 6. The molecular formula is C11H23NO3. The number of nitrogens with two attached hydrogens (primary N) is 1. The van der Waals surface area contributed by atoms with E-state index in [1.807, 2.05) is 27.7 Å². The third-order valence-electron chi connectivity index (χ3n) is 1.63. The van der Waals surface area contributed by atoms with Crippen LogP contribution in [-0.4, -0.2) is 30.8 Å². The third kappa shape index (κ3) is 8.39. The van der Waals surface area contributed by atoms with Crippen molar-refractivity contribution >= 4 is 5.97 Å². The second kappa shape index (κ2) is 6.80. The first-order chi connectivity index (χ1) is 6.87. The van der Waals surface area contributed by atoms with Crippen molar-refractivity contribution in [2.45, 2.75) is 52.2 Å². The molecule has 4 heteroatoms. The van der Waals surface area contributed by atoms with Crippen LogP contribution < -0.4 is 5.73 Å². The maximum atomic E-state index is 11.4. The van der Waals surface area contributed by atoms with Gasteiger partial charge in [0.05, 0.1) is 0 Å². The van der Waals surface area contributed by atoms with Gasteiger partial charge < -0.3 is 15.2 Å². The van der Waals surface area contributed by atoms with Gasteiger partial charge in [-0.1, -0.05) is 6.92 Å². The van der Waals surface area contributed by atoms with Gasteiger partial charge in [0.1, 0.15) is 11.6 Å². The Hall–Kier alpha value is -0.610. The molecular weight excluding hydrogens is 194 g/mol. The van der Waals surface area contributed by atoms with Crippen LogP contribution in [-0.2, 0) is 14.3 Å². The highest BCUT2D eigenvalue weighted by Crippen LogP contribution is 2.08. The molecule has 0 aliphatic rings. The van der Waals surface area contributed by atoms with Gasteiger partial charge in [0, 0.05) is 13.2 Å². The smallest absolute Gasteiger partial charge is 0.323 e. The molecule has 15 heavy (non-hydrogen) atoms. The van der Waals surface area contributed by atoms with Gasteiger partial charge in [-0.3, -0.25) is 4.79 Å². The Morgan fingerprint density at radius 2 is 1.93 bits per heavy atom. The minimum atomic E-state index is -0.582. The van der Waals surface area contributed by atoms with Crippen LogP contribution in [0, 0.1) is 0 Å². The minimum Gasteiger partial charge on any atom is -0.459 e. The molecule has 0 rings (SSSR count). The number of hydrogen-bond donors (Lipinski definition) is 1. The molecule has 0 spiro atoms. The topological polar surface area (TPSA) is 61.5 Å². The van der Waals surface area contributed by atoms with E-state index >= 15 is 0 Å². The first-order valence-electron chi connectivity index (χ1n) is 5.43. The standard InChI is InChI=1S/C11H23NO3/c1-5-7-14-8-6-9(12)10(13)15-11(2,3)4/h9H,5-8,12H2,1-4H3. The number of esters is 1. The summed E-state index contributed by atoms with van der Waals surface area (Å²) in [7, 11) is 0. The molecule has 0 amide bonds. The minimum absolute atomic E-state index is 0.359. The molecule has 1 unspecified atom stereocenters. The van der Waals surface area contributed by atoms with E-state index in [9.17, 15) is 4.79 Å². The lowest BCUT2D eigenvalue weighted by Gasteiger charge is -2.22. The Balaban J connectivity index is 3.70. The maximum Gasteiger partial charge on any atom is 0.323 e. The molecule has 0 heterocycles. The van der Waals surface area contributed by atoms with Crippen molar-refractivity contribution in [1.29, 1.82) is 0 Å². The predicted octanol–water partition coefficient (Wildman–Crippen LogP) is 1.47. The Kier molecular flexibility index (Phi) is 6.52. The van der Waals surface area contributed by atoms with Crippen LogP contribution in [0.4, 0.5) is 0 Å². The monoisotopic (exact) mass is 217 g/mol. The highest BCUT2D eigenvalue weighted by atomic mass is 16.6. The van der Waals surface area contributed by atoms with Gasteiger partial charge in [0.25, 0.3) is 0 Å². The summed E-state index contributed by atoms with van der Waals surface area (Å²) < 4.78 is 10.4. The van der Waals surface area contributed by atoms with Crippen molar-refractivity contribution in [1.82, 2.24) is 0 Å². The first kappa shape index (κ1) is 14.4. The largest absolute Gasteiger partial charge is 0.459 e.